The minimum absolute atomic E-state index is 0.424. The van der Waals surface area contributed by atoms with Crippen molar-refractivity contribution in [3.63, 3.8) is 0 Å². The zero-order valence-electron chi connectivity index (χ0n) is 8.76. The first kappa shape index (κ1) is 11.6. The van der Waals surface area contributed by atoms with Crippen molar-refractivity contribution in [2.45, 2.75) is 25.8 Å². The van der Waals surface area contributed by atoms with Crippen molar-refractivity contribution in [2.75, 3.05) is 6.54 Å². The molecule has 0 saturated heterocycles. The average molecular weight is 333 g/mol. The van der Waals surface area contributed by atoms with E-state index in [4.69, 9.17) is 0 Å². The monoisotopic (exact) mass is 331 g/mol. The summed E-state index contributed by atoms with van der Waals surface area (Å²) in [4.78, 5) is 0. The normalized spacial score (nSPS) is 17.8. The van der Waals surface area contributed by atoms with Crippen LogP contribution in [0.25, 0.3) is 0 Å². The summed E-state index contributed by atoms with van der Waals surface area (Å²) in [7, 11) is 0. The topological polar surface area (TPSA) is 12.0 Å². The second-order valence-electron chi connectivity index (χ2n) is 4.24. The highest BCUT2D eigenvalue weighted by molar-refractivity contribution is 9.11. The van der Waals surface area contributed by atoms with Crippen LogP contribution in [-0.2, 0) is 0 Å². The van der Waals surface area contributed by atoms with Gasteiger partial charge in [0, 0.05) is 15.0 Å². The largest absolute Gasteiger partial charge is 0.310 e. The average Bonchev–Trinajstić information content (AvgIpc) is 2.97. The number of hydrogen-bond acceptors (Lipinski definition) is 1. The lowest BCUT2D eigenvalue weighted by Crippen LogP contribution is -2.21. The summed E-state index contributed by atoms with van der Waals surface area (Å²) in [6, 6.07) is 6.78. The minimum Gasteiger partial charge on any atom is -0.310 e. The van der Waals surface area contributed by atoms with E-state index in [2.05, 4.69) is 62.3 Å². The van der Waals surface area contributed by atoms with Crippen LogP contribution in [0.15, 0.2) is 27.1 Å². The number of halogens is 2. The molecule has 1 aliphatic rings. The van der Waals surface area contributed by atoms with Crippen molar-refractivity contribution in [3.05, 3.63) is 32.7 Å². The van der Waals surface area contributed by atoms with Gasteiger partial charge in [-0.05, 0) is 49.9 Å². The maximum Gasteiger partial charge on any atom is 0.0303 e. The van der Waals surface area contributed by atoms with Gasteiger partial charge < -0.3 is 5.32 Å². The molecule has 0 aromatic heterocycles. The zero-order chi connectivity index (χ0) is 10.8. The van der Waals surface area contributed by atoms with Gasteiger partial charge in [-0.25, -0.2) is 0 Å². The maximum atomic E-state index is 3.60. The first-order chi connectivity index (χ1) is 7.16. The molecule has 0 aliphatic heterocycles. The molecule has 1 aromatic carbocycles. The van der Waals surface area contributed by atoms with Crippen molar-refractivity contribution in [3.8, 4) is 0 Å². The van der Waals surface area contributed by atoms with Gasteiger partial charge in [0.2, 0.25) is 0 Å². The molecule has 82 valence electrons. The molecule has 1 saturated carbocycles. The smallest absolute Gasteiger partial charge is 0.0303 e. The van der Waals surface area contributed by atoms with Gasteiger partial charge in [0.15, 0.2) is 0 Å². The highest BCUT2D eigenvalue weighted by Gasteiger charge is 2.21. The van der Waals surface area contributed by atoms with Gasteiger partial charge in [0.25, 0.3) is 0 Å². The minimum atomic E-state index is 0.424. The molecular weight excluding hydrogens is 318 g/mol. The Kier molecular flexibility index (Phi) is 3.86. The van der Waals surface area contributed by atoms with Gasteiger partial charge in [0.05, 0.1) is 0 Å². The maximum absolute atomic E-state index is 3.60. The van der Waals surface area contributed by atoms with Gasteiger partial charge in [-0.2, -0.15) is 0 Å². The molecule has 1 aromatic rings. The van der Waals surface area contributed by atoms with Gasteiger partial charge in [-0.1, -0.05) is 37.9 Å². The van der Waals surface area contributed by atoms with Crippen molar-refractivity contribution in [2.24, 2.45) is 5.92 Å². The Morgan fingerprint density at radius 1 is 1.40 bits per heavy atom. The van der Waals surface area contributed by atoms with E-state index in [1.165, 1.54) is 22.9 Å². The zero-order valence-corrected chi connectivity index (χ0v) is 11.9. The van der Waals surface area contributed by atoms with Crippen LogP contribution in [0.3, 0.4) is 0 Å². The van der Waals surface area contributed by atoms with Crippen molar-refractivity contribution in [1.82, 2.24) is 5.32 Å². The van der Waals surface area contributed by atoms with Crippen LogP contribution in [0.1, 0.15) is 31.4 Å². The summed E-state index contributed by atoms with van der Waals surface area (Å²) in [6.07, 6.45) is 2.81. The van der Waals surface area contributed by atoms with E-state index in [1.807, 2.05) is 0 Å². The summed E-state index contributed by atoms with van der Waals surface area (Å²) in [5.41, 5.74) is 1.33. The molecule has 3 heteroatoms. The Balaban J connectivity index is 1.99. The van der Waals surface area contributed by atoms with Gasteiger partial charge in [-0.15, -0.1) is 0 Å². The van der Waals surface area contributed by atoms with E-state index in [0.717, 1.165) is 16.9 Å². The molecule has 1 nitrogen and oxygen atoms in total. The molecule has 1 N–H and O–H groups in total. The fourth-order valence-electron chi connectivity index (χ4n) is 1.63. The molecule has 0 amide bonds. The van der Waals surface area contributed by atoms with E-state index in [9.17, 15) is 0 Å². The van der Waals surface area contributed by atoms with Crippen LogP contribution < -0.4 is 5.32 Å². The summed E-state index contributed by atoms with van der Waals surface area (Å²) >= 11 is 7.07. The number of nitrogens with one attached hydrogen (secondary N) is 1. The molecule has 0 heterocycles. The van der Waals surface area contributed by atoms with Gasteiger partial charge in [-0.3, -0.25) is 0 Å². The second-order valence-corrected chi connectivity index (χ2v) is 6.01. The Morgan fingerprint density at radius 2 is 2.13 bits per heavy atom. The standard InChI is InChI=1S/C12H15Br2N/c1-8(15-7-9-2-3-9)11-5-4-10(13)6-12(11)14/h4-6,8-9,15H,2-3,7H2,1H3. The van der Waals surface area contributed by atoms with Crippen LogP contribution in [0.5, 0.6) is 0 Å². The number of benzene rings is 1. The van der Waals surface area contributed by atoms with E-state index in [1.54, 1.807) is 0 Å². The van der Waals surface area contributed by atoms with E-state index >= 15 is 0 Å². The second kappa shape index (κ2) is 4.98. The third kappa shape index (κ3) is 3.30. The summed E-state index contributed by atoms with van der Waals surface area (Å²) < 4.78 is 2.29. The molecule has 0 radical (unpaired) electrons. The first-order valence-electron chi connectivity index (χ1n) is 5.35. The lowest BCUT2D eigenvalue weighted by atomic mass is 10.1. The van der Waals surface area contributed by atoms with Crippen LogP contribution >= 0.6 is 31.9 Å². The fourth-order valence-corrected chi connectivity index (χ4v) is 3.02. The third-order valence-electron chi connectivity index (χ3n) is 2.84. The van der Waals surface area contributed by atoms with E-state index < -0.39 is 0 Å². The molecule has 2 rings (SSSR count). The van der Waals surface area contributed by atoms with Crippen LogP contribution in [0.2, 0.25) is 0 Å². The third-order valence-corrected chi connectivity index (χ3v) is 4.02. The number of rotatable bonds is 4. The lowest BCUT2D eigenvalue weighted by molar-refractivity contribution is 0.547. The van der Waals surface area contributed by atoms with Crippen LogP contribution in [0, 0.1) is 5.92 Å². The van der Waals surface area contributed by atoms with Crippen molar-refractivity contribution in [1.29, 1.82) is 0 Å². The fraction of sp³-hybridized carbons (Fsp3) is 0.500. The molecule has 15 heavy (non-hydrogen) atoms. The summed E-state index contributed by atoms with van der Waals surface area (Å²) in [5, 5.41) is 3.58. The molecule has 1 aliphatic carbocycles. The van der Waals surface area contributed by atoms with Gasteiger partial charge >= 0.3 is 0 Å². The quantitative estimate of drug-likeness (QED) is 0.868. The highest BCUT2D eigenvalue weighted by Crippen LogP contribution is 2.30. The van der Waals surface area contributed by atoms with Crippen molar-refractivity contribution < 1.29 is 0 Å². The Hall–Kier alpha value is 0.140. The molecule has 1 unspecified atom stereocenters. The van der Waals surface area contributed by atoms with E-state index in [-0.39, 0.29) is 0 Å². The van der Waals surface area contributed by atoms with Crippen LogP contribution in [0.4, 0.5) is 0 Å². The molecule has 1 fully saturated rings. The SMILES string of the molecule is CC(NCC1CC1)c1ccc(Br)cc1Br. The molecule has 0 spiro atoms. The molecule has 0 bridgehead atoms. The van der Waals surface area contributed by atoms with E-state index in [0.29, 0.717) is 6.04 Å². The Labute approximate surface area is 108 Å². The molecular formula is C12H15Br2N. The van der Waals surface area contributed by atoms with Gasteiger partial charge in [0.1, 0.15) is 0 Å². The first-order valence-corrected chi connectivity index (χ1v) is 6.93. The number of hydrogen-bond donors (Lipinski definition) is 1. The molecule has 1 atom stereocenters. The lowest BCUT2D eigenvalue weighted by Gasteiger charge is -2.15. The van der Waals surface area contributed by atoms with Crippen LogP contribution in [-0.4, -0.2) is 6.54 Å². The predicted molar refractivity (Wildman–Crippen MR) is 71.0 cm³/mol. The summed E-state index contributed by atoms with van der Waals surface area (Å²) in [6.45, 7) is 3.38. The Bertz CT molecular complexity index is 347. The highest BCUT2D eigenvalue weighted by atomic mass is 79.9. The predicted octanol–water partition coefficient (Wildman–Crippen LogP) is 4.27. The van der Waals surface area contributed by atoms with Crippen molar-refractivity contribution >= 4 is 31.9 Å². The Morgan fingerprint density at radius 3 is 2.73 bits per heavy atom. The summed E-state index contributed by atoms with van der Waals surface area (Å²) in [5.74, 6) is 0.932.